The van der Waals surface area contributed by atoms with Crippen LogP contribution in [0.25, 0.3) is 10.9 Å². The van der Waals surface area contributed by atoms with E-state index in [-0.39, 0.29) is 18.1 Å². The van der Waals surface area contributed by atoms with Crippen LogP contribution in [0.2, 0.25) is 0 Å². The van der Waals surface area contributed by atoms with E-state index in [9.17, 15) is 4.79 Å². The van der Waals surface area contributed by atoms with E-state index in [1.165, 1.54) is 0 Å². The van der Waals surface area contributed by atoms with Gasteiger partial charge >= 0.3 is 0 Å². The number of rotatable bonds is 3. The molecule has 1 spiro atoms. The highest BCUT2D eigenvalue weighted by atomic mass is 16.5. The number of carbonyl (C=O) groups is 1. The molecule has 2 aliphatic heterocycles. The second kappa shape index (κ2) is 7.43. The van der Waals surface area contributed by atoms with Gasteiger partial charge in [0.25, 0.3) is 0 Å². The van der Waals surface area contributed by atoms with E-state index in [0.717, 1.165) is 29.3 Å². The number of nitrogens with zero attached hydrogens (tertiary/aromatic N) is 5. The molecule has 0 saturated carbocycles. The molecule has 0 aliphatic carbocycles. The summed E-state index contributed by atoms with van der Waals surface area (Å²) in [5.74, 6) is 0.598. The van der Waals surface area contributed by atoms with Gasteiger partial charge in [-0.15, -0.1) is 0 Å². The summed E-state index contributed by atoms with van der Waals surface area (Å²) < 4.78 is 5.70. The lowest BCUT2D eigenvalue weighted by Crippen LogP contribution is -2.63. The topological polar surface area (TPSA) is 98.1 Å². The number of morpholine rings is 1. The predicted molar refractivity (Wildman–Crippen MR) is 111 cm³/mol. The van der Waals surface area contributed by atoms with E-state index in [2.05, 4.69) is 38.1 Å². The minimum Gasteiger partial charge on any atom is -0.369 e. The van der Waals surface area contributed by atoms with Crippen LogP contribution in [0.5, 0.6) is 0 Å². The van der Waals surface area contributed by atoms with Gasteiger partial charge in [0.05, 0.1) is 12.1 Å². The first kappa shape index (κ1) is 18.6. The van der Waals surface area contributed by atoms with E-state index in [4.69, 9.17) is 10.00 Å². The van der Waals surface area contributed by atoms with Crippen LogP contribution < -0.4 is 4.90 Å². The molecule has 0 bridgehead atoms. The van der Waals surface area contributed by atoms with Crippen molar-refractivity contribution in [1.82, 2.24) is 19.9 Å². The summed E-state index contributed by atoms with van der Waals surface area (Å²) in [6, 6.07) is 11.9. The summed E-state index contributed by atoms with van der Waals surface area (Å²) in [6.07, 6.45) is 5.07. The van der Waals surface area contributed by atoms with Crippen molar-refractivity contribution < 1.29 is 9.53 Å². The summed E-state index contributed by atoms with van der Waals surface area (Å²) >= 11 is 0. The second-order valence-electron chi connectivity index (χ2n) is 7.89. The van der Waals surface area contributed by atoms with Crippen LogP contribution in [0.15, 0.2) is 42.7 Å². The van der Waals surface area contributed by atoms with Crippen molar-refractivity contribution >= 4 is 22.8 Å². The first-order valence-corrected chi connectivity index (χ1v) is 10.1. The van der Waals surface area contributed by atoms with Crippen molar-refractivity contribution in [3.05, 3.63) is 54.0 Å². The van der Waals surface area contributed by atoms with E-state index in [0.29, 0.717) is 37.9 Å². The zero-order valence-electron chi connectivity index (χ0n) is 16.5. The maximum Gasteiger partial charge on any atom is 0.249 e. The van der Waals surface area contributed by atoms with Crippen molar-refractivity contribution in [1.29, 1.82) is 5.26 Å². The molecule has 1 amide bonds. The van der Waals surface area contributed by atoms with E-state index in [1.54, 1.807) is 12.3 Å². The number of H-pyrrole nitrogens is 1. The number of nitriles is 1. The summed E-state index contributed by atoms with van der Waals surface area (Å²) in [6.45, 7) is 2.64. The molecular weight excluding hydrogens is 380 g/mol. The Morgan fingerprint density at radius 1 is 1.23 bits per heavy atom. The summed E-state index contributed by atoms with van der Waals surface area (Å²) in [5.41, 5.74) is 2.23. The van der Waals surface area contributed by atoms with Gasteiger partial charge in [-0.25, -0.2) is 9.97 Å². The molecule has 1 aromatic carbocycles. The number of ether oxygens (including phenoxy) is 1. The van der Waals surface area contributed by atoms with Crippen molar-refractivity contribution in [3.8, 4) is 6.07 Å². The fourth-order valence-electron chi connectivity index (χ4n) is 4.56. The normalized spacial score (nSPS) is 18.7. The molecule has 30 heavy (non-hydrogen) atoms. The molecule has 2 fully saturated rings. The quantitative estimate of drug-likeness (QED) is 0.721. The predicted octanol–water partition coefficient (Wildman–Crippen LogP) is 2.23. The molecule has 2 aromatic heterocycles. The van der Waals surface area contributed by atoms with Crippen LogP contribution >= 0.6 is 0 Å². The molecule has 8 heteroatoms. The molecular formula is C22H22N6O2. The Morgan fingerprint density at radius 2 is 2.10 bits per heavy atom. The Bertz CT molecular complexity index is 1130. The Balaban J connectivity index is 1.39. The van der Waals surface area contributed by atoms with Gasteiger partial charge in [-0.1, -0.05) is 12.1 Å². The third-order valence-corrected chi connectivity index (χ3v) is 6.22. The highest BCUT2D eigenvalue weighted by molar-refractivity contribution is 5.84. The van der Waals surface area contributed by atoms with Crippen LogP contribution in [0.4, 0.5) is 5.95 Å². The van der Waals surface area contributed by atoms with Crippen molar-refractivity contribution in [2.75, 3.05) is 31.2 Å². The number of amides is 1. The van der Waals surface area contributed by atoms with Gasteiger partial charge in [0.1, 0.15) is 18.4 Å². The van der Waals surface area contributed by atoms with Gasteiger partial charge in [0.2, 0.25) is 11.9 Å². The number of nitrogens with one attached hydrogen (secondary N) is 1. The Labute approximate surface area is 174 Å². The summed E-state index contributed by atoms with van der Waals surface area (Å²) in [4.78, 5) is 28.9. The highest BCUT2D eigenvalue weighted by Gasteiger charge is 2.45. The van der Waals surface area contributed by atoms with Crippen LogP contribution in [0.3, 0.4) is 0 Å². The third-order valence-electron chi connectivity index (χ3n) is 6.22. The average molecular weight is 402 g/mol. The van der Waals surface area contributed by atoms with E-state index < -0.39 is 0 Å². The molecule has 5 rings (SSSR count). The number of anilines is 1. The minimum absolute atomic E-state index is 0.0324. The van der Waals surface area contributed by atoms with Gasteiger partial charge in [-0.05, 0) is 36.6 Å². The third kappa shape index (κ3) is 3.17. The number of aromatic nitrogens is 3. The van der Waals surface area contributed by atoms with Gasteiger partial charge in [0, 0.05) is 42.9 Å². The minimum atomic E-state index is -0.336. The summed E-state index contributed by atoms with van der Waals surface area (Å²) in [5, 5.41) is 10.2. The second-order valence-corrected chi connectivity index (χ2v) is 7.89. The number of carbonyl (C=O) groups excluding carboxylic acids is 1. The zero-order valence-corrected chi connectivity index (χ0v) is 16.5. The fraction of sp³-hybridized carbons (Fsp3) is 0.364. The molecule has 2 aliphatic rings. The summed E-state index contributed by atoms with van der Waals surface area (Å²) in [7, 11) is 0. The zero-order chi connectivity index (χ0) is 20.6. The number of hydrogen-bond donors (Lipinski definition) is 1. The first-order valence-electron chi connectivity index (χ1n) is 10.1. The Kier molecular flexibility index (Phi) is 4.60. The van der Waals surface area contributed by atoms with Crippen LogP contribution in [0, 0.1) is 11.3 Å². The number of benzene rings is 1. The average Bonchev–Trinajstić information content (AvgIpc) is 3.27. The van der Waals surface area contributed by atoms with Crippen molar-refractivity contribution in [3.63, 3.8) is 0 Å². The molecule has 0 radical (unpaired) electrons. The molecule has 0 unspecified atom stereocenters. The Hall–Kier alpha value is -3.44. The van der Waals surface area contributed by atoms with Crippen LogP contribution in [0.1, 0.15) is 24.1 Å². The van der Waals surface area contributed by atoms with Gasteiger partial charge in [-0.3, -0.25) is 4.79 Å². The number of piperidine rings is 1. The van der Waals surface area contributed by atoms with Crippen molar-refractivity contribution in [2.24, 2.45) is 0 Å². The molecule has 0 atom stereocenters. The van der Waals surface area contributed by atoms with Crippen LogP contribution in [-0.4, -0.2) is 57.6 Å². The largest absolute Gasteiger partial charge is 0.369 e. The standard InChI is InChI=1S/C22H22N6O2/c23-12-17-4-8-25-21(26-17)27-10-6-22(7-11-27)15-30-14-20(29)28(22)13-16-2-1-3-19-18(16)5-9-24-19/h1-5,8-9,24H,6-7,10-11,13-15H2. The van der Waals surface area contributed by atoms with Crippen LogP contribution in [-0.2, 0) is 16.1 Å². The van der Waals surface area contributed by atoms with E-state index in [1.807, 2.05) is 23.2 Å². The number of aromatic amines is 1. The maximum absolute atomic E-state index is 12.9. The molecule has 152 valence electrons. The lowest BCUT2D eigenvalue weighted by atomic mass is 9.84. The molecule has 2 saturated heterocycles. The molecule has 3 aromatic rings. The lowest BCUT2D eigenvalue weighted by Gasteiger charge is -2.51. The van der Waals surface area contributed by atoms with Gasteiger partial charge in [0.15, 0.2) is 0 Å². The molecule has 4 heterocycles. The first-order chi connectivity index (χ1) is 14.7. The molecule has 8 nitrogen and oxygen atoms in total. The maximum atomic E-state index is 12.9. The molecule has 1 N–H and O–H groups in total. The Morgan fingerprint density at radius 3 is 2.93 bits per heavy atom. The highest BCUT2D eigenvalue weighted by Crippen LogP contribution is 2.35. The van der Waals surface area contributed by atoms with Gasteiger partial charge in [-0.2, -0.15) is 5.26 Å². The van der Waals surface area contributed by atoms with Crippen molar-refractivity contribution in [2.45, 2.75) is 24.9 Å². The monoisotopic (exact) mass is 402 g/mol. The SMILES string of the molecule is N#Cc1ccnc(N2CCC3(CC2)COCC(=O)N3Cc2cccc3[nH]ccc23)n1. The van der Waals surface area contributed by atoms with Gasteiger partial charge < -0.3 is 19.5 Å². The van der Waals surface area contributed by atoms with E-state index >= 15 is 0 Å². The number of hydrogen-bond acceptors (Lipinski definition) is 6. The number of fused-ring (bicyclic) bond motifs is 1. The smallest absolute Gasteiger partial charge is 0.249 e. The lowest BCUT2D eigenvalue weighted by molar-refractivity contribution is -0.161. The fourth-order valence-corrected chi connectivity index (χ4v) is 4.56.